The van der Waals surface area contributed by atoms with E-state index in [0.717, 1.165) is 30.2 Å². The summed E-state index contributed by atoms with van der Waals surface area (Å²) in [6, 6.07) is 15.9. The molecule has 1 N–H and O–H groups in total. The lowest BCUT2D eigenvalue weighted by Gasteiger charge is -2.21. The largest absolute Gasteiger partial charge is 0.493 e. The Morgan fingerprint density at radius 1 is 1.04 bits per heavy atom. The molecule has 2 rings (SSSR count). The first-order valence-corrected chi connectivity index (χ1v) is 7.83. The highest BCUT2D eigenvalue weighted by molar-refractivity contribution is 7.80. The Labute approximate surface area is 143 Å². The van der Waals surface area contributed by atoms with Crippen LogP contribution in [0.4, 0.5) is 5.69 Å². The van der Waals surface area contributed by atoms with E-state index in [0.29, 0.717) is 5.11 Å². The van der Waals surface area contributed by atoms with Crippen molar-refractivity contribution in [1.29, 1.82) is 0 Å². The van der Waals surface area contributed by atoms with Crippen LogP contribution in [0.3, 0.4) is 0 Å². The van der Waals surface area contributed by atoms with E-state index in [1.165, 1.54) is 5.56 Å². The van der Waals surface area contributed by atoms with Gasteiger partial charge in [-0.3, -0.25) is 0 Å². The van der Waals surface area contributed by atoms with Crippen LogP contribution in [-0.4, -0.2) is 37.8 Å². The fraction of sp³-hybridized carbons (Fsp3) is 0.278. The molecule has 0 aromatic heterocycles. The number of hydrogen-bond donors (Lipinski definition) is 1. The van der Waals surface area contributed by atoms with Gasteiger partial charge in [0.2, 0.25) is 0 Å². The van der Waals surface area contributed by atoms with E-state index < -0.39 is 0 Å². The zero-order valence-corrected chi connectivity index (χ0v) is 14.5. The number of nitrogens with zero attached hydrogens (tertiary/aromatic N) is 1. The first-order chi connectivity index (χ1) is 11.1. The van der Waals surface area contributed by atoms with E-state index in [2.05, 4.69) is 5.32 Å². The highest BCUT2D eigenvalue weighted by atomic mass is 32.1. The predicted molar refractivity (Wildman–Crippen MR) is 98.5 cm³/mol. The van der Waals surface area contributed by atoms with Gasteiger partial charge in [0.25, 0.3) is 0 Å². The second-order valence-corrected chi connectivity index (χ2v) is 5.54. The fourth-order valence-corrected chi connectivity index (χ4v) is 2.38. The van der Waals surface area contributed by atoms with Crippen LogP contribution in [0.25, 0.3) is 0 Å². The van der Waals surface area contributed by atoms with E-state index >= 15 is 0 Å². The number of nitrogens with one attached hydrogen (secondary N) is 1. The Hall–Kier alpha value is -2.27. The molecule has 0 bridgehead atoms. The van der Waals surface area contributed by atoms with Gasteiger partial charge < -0.3 is 19.7 Å². The molecule has 23 heavy (non-hydrogen) atoms. The van der Waals surface area contributed by atoms with Crippen LogP contribution in [0.5, 0.6) is 11.5 Å². The maximum absolute atomic E-state index is 5.43. The normalized spacial score (nSPS) is 10.0. The van der Waals surface area contributed by atoms with Gasteiger partial charge in [-0.25, -0.2) is 0 Å². The molecule has 2 aromatic rings. The topological polar surface area (TPSA) is 33.7 Å². The van der Waals surface area contributed by atoms with E-state index in [-0.39, 0.29) is 0 Å². The number of hydrogen-bond acceptors (Lipinski definition) is 3. The van der Waals surface area contributed by atoms with Crippen molar-refractivity contribution in [2.75, 3.05) is 33.1 Å². The Morgan fingerprint density at radius 3 is 2.39 bits per heavy atom. The summed E-state index contributed by atoms with van der Waals surface area (Å²) in [4.78, 5) is 2.03. The standard InChI is InChI=1S/C18H22N2O2S/c1-20(18(23)19-15-7-5-4-6-8-15)12-11-14-9-10-16(21-2)17(13-14)22-3/h4-10,13H,11-12H2,1-3H3,(H,19,23). The number of rotatable bonds is 6. The van der Waals surface area contributed by atoms with Crippen molar-refractivity contribution in [2.24, 2.45) is 0 Å². The number of anilines is 1. The lowest BCUT2D eigenvalue weighted by atomic mass is 10.1. The van der Waals surface area contributed by atoms with Gasteiger partial charge in [-0.2, -0.15) is 0 Å². The molecule has 0 saturated heterocycles. The molecule has 0 spiro atoms. The third-order valence-corrected chi connectivity index (χ3v) is 3.97. The van der Waals surface area contributed by atoms with E-state index in [4.69, 9.17) is 21.7 Å². The highest BCUT2D eigenvalue weighted by Gasteiger charge is 2.08. The van der Waals surface area contributed by atoms with Crippen molar-refractivity contribution in [3.05, 3.63) is 54.1 Å². The summed E-state index contributed by atoms with van der Waals surface area (Å²) in [7, 11) is 5.27. The molecule has 2 aromatic carbocycles. The smallest absolute Gasteiger partial charge is 0.173 e. The van der Waals surface area contributed by atoms with Gasteiger partial charge in [-0.05, 0) is 48.5 Å². The SMILES string of the molecule is COc1ccc(CCN(C)C(=S)Nc2ccccc2)cc1OC. The molecule has 0 aliphatic carbocycles. The van der Waals surface area contributed by atoms with Crippen LogP contribution >= 0.6 is 12.2 Å². The molecule has 0 aliphatic heterocycles. The van der Waals surface area contributed by atoms with Gasteiger partial charge >= 0.3 is 0 Å². The first kappa shape index (κ1) is 17.1. The molecule has 0 atom stereocenters. The van der Waals surface area contributed by atoms with Gasteiger partial charge in [0.15, 0.2) is 16.6 Å². The maximum atomic E-state index is 5.43. The van der Waals surface area contributed by atoms with Gasteiger partial charge in [0, 0.05) is 19.3 Å². The number of benzene rings is 2. The lowest BCUT2D eigenvalue weighted by molar-refractivity contribution is 0.354. The number of methoxy groups -OCH3 is 2. The number of thiocarbonyl (C=S) groups is 1. The number of para-hydroxylation sites is 1. The molecule has 0 aliphatic rings. The average molecular weight is 330 g/mol. The molecular weight excluding hydrogens is 308 g/mol. The first-order valence-electron chi connectivity index (χ1n) is 7.42. The Bertz CT molecular complexity index is 647. The summed E-state index contributed by atoms with van der Waals surface area (Å²) in [6.07, 6.45) is 0.869. The van der Waals surface area contributed by atoms with E-state index in [1.807, 2.05) is 60.5 Å². The van der Waals surface area contributed by atoms with Crippen molar-refractivity contribution in [3.63, 3.8) is 0 Å². The molecular formula is C18H22N2O2S. The van der Waals surface area contributed by atoms with Gasteiger partial charge in [-0.15, -0.1) is 0 Å². The average Bonchev–Trinajstić information content (AvgIpc) is 2.60. The fourth-order valence-electron chi connectivity index (χ4n) is 2.17. The third kappa shape index (κ3) is 4.86. The Balaban J connectivity index is 1.91. The van der Waals surface area contributed by atoms with Crippen molar-refractivity contribution < 1.29 is 9.47 Å². The lowest BCUT2D eigenvalue weighted by Crippen LogP contribution is -2.32. The van der Waals surface area contributed by atoms with Gasteiger partial charge in [-0.1, -0.05) is 24.3 Å². The quantitative estimate of drug-likeness (QED) is 0.819. The highest BCUT2D eigenvalue weighted by Crippen LogP contribution is 2.27. The Morgan fingerprint density at radius 2 is 1.74 bits per heavy atom. The molecule has 5 heteroatoms. The van der Waals surface area contributed by atoms with E-state index in [1.54, 1.807) is 14.2 Å². The van der Waals surface area contributed by atoms with E-state index in [9.17, 15) is 0 Å². The monoisotopic (exact) mass is 330 g/mol. The van der Waals surface area contributed by atoms with Crippen LogP contribution in [0, 0.1) is 0 Å². The third-order valence-electron chi connectivity index (χ3n) is 3.56. The molecule has 0 unspecified atom stereocenters. The van der Waals surface area contributed by atoms with Crippen LogP contribution in [0.1, 0.15) is 5.56 Å². The second kappa shape index (κ2) is 8.39. The van der Waals surface area contributed by atoms with Crippen molar-refractivity contribution >= 4 is 23.0 Å². The van der Waals surface area contributed by atoms with Crippen LogP contribution < -0.4 is 14.8 Å². The summed E-state index contributed by atoms with van der Waals surface area (Å²) in [5.74, 6) is 1.49. The number of ether oxygens (including phenoxy) is 2. The molecule has 0 fully saturated rings. The number of likely N-dealkylation sites (N-methyl/N-ethyl adjacent to an activating group) is 1. The summed E-state index contributed by atoms with van der Waals surface area (Å²) in [5, 5.41) is 3.94. The molecule has 122 valence electrons. The van der Waals surface area contributed by atoms with Gasteiger partial charge in [0.05, 0.1) is 14.2 Å². The second-order valence-electron chi connectivity index (χ2n) is 5.16. The molecule has 0 amide bonds. The summed E-state index contributed by atoms with van der Waals surface area (Å²) < 4.78 is 10.6. The Kier molecular flexibility index (Phi) is 6.23. The zero-order valence-electron chi connectivity index (χ0n) is 13.7. The minimum Gasteiger partial charge on any atom is -0.493 e. The minimum atomic E-state index is 0.705. The van der Waals surface area contributed by atoms with Crippen molar-refractivity contribution in [3.8, 4) is 11.5 Å². The summed E-state index contributed by atoms with van der Waals surface area (Å²) in [5.41, 5.74) is 2.17. The van der Waals surface area contributed by atoms with Crippen LogP contribution in [0.2, 0.25) is 0 Å². The summed E-state index contributed by atoms with van der Waals surface area (Å²) in [6.45, 7) is 0.814. The molecule has 0 heterocycles. The molecule has 4 nitrogen and oxygen atoms in total. The summed E-state index contributed by atoms with van der Waals surface area (Å²) >= 11 is 5.43. The minimum absolute atomic E-state index is 0.705. The maximum Gasteiger partial charge on any atom is 0.173 e. The van der Waals surface area contributed by atoms with Gasteiger partial charge in [0.1, 0.15) is 0 Å². The van der Waals surface area contributed by atoms with Crippen LogP contribution in [-0.2, 0) is 6.42 Å². The molecule has 0 radical (unpaired) electrons. The van der Waals surface area contributed by atoms with Crippen LogP contribution in [0.15, 0.2) is 48.5 Å². The van der Waals surface area contributed by atoms with Crippen molar-refractivity contribution in [2.45, 2.75) is 6.42 Å². The molecule has 0 saturated carbocycles. The predicted octanol–water partition coefficient (Wildman–Crippen LogP) is 3.58. The van der Waals surface area contributed by atoms with Crippen molar-refractivity contribution in [1.82, 2.24) is 4.90 Å². The zero-order chi connectivity index (χ0) is 16.7.